The molecule has 4 N–H and O–H groups in total. The van der Waals surface area contributed by atoms with Gasteiger partial charge in [-0.05, 0) is 54.4 Å². The maximum atomic E-state index is 13.1. The first-order valence-corrected chi connectivity index (χ1v) is 13.5. The van der Waals surface area contributed by atoms with Crippen LogP contribution in [-0.2, 0) is 22.4 Å². The standard InChI is InChI=1S/C29H38BF3N4O4/c1-19(2)13-20(3)24(17-34)28(39)37(4)23-12-8-11-22(14-23)15-25(35-18-29(31,32)33)27(38)36-26(30(40)41)16-21-9-6-5-7-10-21/h5-12,14,19-20,24-26,35,40-41H,13,15-16,18H2,1-4H3,(H,36,38)/t20?,24?,25-,26-/m0/s1. The lowest BCUT2D eigenvalue weighted by Gasteiger charge is -2.26. The maximum Gasteiger partial charge on any atom is 0.475 e. The minimum atomic E-state index is -4.59. The van der Waals surface area contributed by atoms with Crippen molar-refractivity contribution >= 4 is 24.6 Å². The molecule has 0 saturated carbocycles. The summed E-state index contributed by atoms with van der Waals surface area (Å²) in [4.78, 5) is 27.6. The number of hydrogen-bond donors (Lipinski definition) is 4. The number of carbonyl (C=O) groups excluding carboxylic acids is 2. The lowest BCUT2D eigenvalue weighted by atomic mass is 9.75. The Kier molecular flexibility index (Phi) is 12.8. The molecule has 41 heavy (non-hydrogen) atoms. The fourth-order valence-corrected chi connectivity index (χ4v) is 4.65. The highest BCUT2D eigenvalue weighted by molar-refractivity contribution is 6.43. The molecule has 12 heteroatoms. The monoisotopic (exact) mass is 574 g/mol. The fourth-order valence-electron chi connectivity index (χ4n) is 4.65. The van der Waals surface area contributed by atoms with Gasteiger partial charge in [0, 0.05) is 12.7 Å². The van der Waals surface area contributed by atoms with Crippen LogP contribution in [0.3, 0.4) is 0 Å². The zero-order valence-electron chi connectivity index (χ0n) is 23.7. The minimum Gasteiger partial charge on any atom is -0.426 e. The predicted octanol–water partition coefficient (Wildman–Crippen LogP) is 3.27. The van der Waals surface area contributed by atoms with E-state index < -0.39 is 49.6 Å². The smallest absolute Gasteiger partial charge is 0.426 e. The molecule has 0 saturated heterocycles. The van der Waals surface area contributed by atoms with Crippen LogP contribution in [0.25, 0.3) is 0 Å². The van der Waals surface area contributed by atoms with Crippen LogP contribution in [0.1, 0.15) is 38.3 Å². The van der Waals surface area contributed by atoms with E-state index >= 15 is 0 Å². The molecule has 0 spiro atoms. The lowest BCUT2D eigenvalue weighted by Crippen LogP contribution is -2.55. The van der Waals surface area contributed by atoms with Crippen molar-refractivity contribution in [3.05, 3.63) is 65.7 Å². The summed E-state index contributed by atoms with van der Waals surface area (Å²) in [6.07, 6.45) is -4.03. The molecule has 0 aromatic heterocycles. The van der Waals surface area contributed by atoms with Gasteiger partial charge < -0.3 is 20.3 Å². The molecule has 2 aromatic carbocycles. The first kappa shape index (κ1) is 33.8. The zero-order chi connectivity index (χ0) is 30.7. The third-order valence-electron chi connectivity index (χ3n) is 6.74. The van der Waals surface area contributed by atoms with Gasteiger partial charge in [-0.2, -0.15) is 18.4 Å². The Morgan fingerprint density at radius 1 is 1.02 bits per heavy atom. The molecule has 0 radical (unpaired) electrons. The molecule has 0 aliphatic rings. The SMILES string of the molecule is CC(C)CC(C)C(C#N)C(=O)N(C)c1cccc(C[C@H](NCC(F)(F)F)C(=O)N[C@@H](Cc2ccccc2)B(O)O)c1. The summed E-state index contributed by atoms with van der Waals surface area (Å²) in [6.45, 7) is 4.42. The molecule has 0 bridgehead atoms. The van der Waals surface area contributed by atoms with Gasteiger partial charge in [-0.25, -0.2) is 0 Å². The van der Waals surface area contributed by atoms with Crippen molar-refractivity contribution < 1.29 is 32.8 Å². The van der Waals surface area contributed by atoms with E-state index in [1.54, 1.807) is 54.6 Å². The molecule has 0 heterocycles. The highest BCUT2D eigenvalue weighted by atomic mass is 19.4. The van der Waals surface area contributed by atoms with Crippen molar-refractivity contribution in [2.24, 2.45) is 17.8 Å². The Bertz CT molecular complexity index is 1170. The van der Waals surface area contributed by atoms with E-state index in [4.69, 9.17) is 0 Å². The highest BCUT2D eigenvalue weighted by Gasteiger charge is 2.33. The van der Waals surface area contributed by atoms with E-state index in [1.807, 2.05) is 20.8 Å². The fraction of sp³-hybridized carbons (Fsp3) is 0.483. The lowest BCUT2D eigenvalue weighted by molar-refractivity contribution is -0.132. The summed E-state index contributed by atoms with van der Waals surface area (Å²) >= 11 is 0. The van der Waals surface area contributed by atoms with Crippen molar-refractivity contribution in [3.8, 4) is 6.07 Å². The largest absolute Gasteiger partial charge is 0.475 e. The average Bonchev–Trinajstić information content (AvgIpc) is 2.90. The topological polar surface area (TPSA) is 126 Å². The molecule has 0 aliphatic carbocycles. The third-order valence-corrected chi connectivity index (χ3v) is 6.74. The van der Waals surface area contributed by atoms with Crippen LogP contribution in [0.4, 0.5) is 18.9 Å². The van der Waals surface area contributed by atoms with Crippen molar-refractivity contribution in [2.75, 3.05) is 18.5 Å². The first-order valence-electron chi connectivity index (χ1n) is 13.5. The summed E-state index contributed by atoms with van der Waals surface area (Å²) in [5.74, 6) is -3.15. The Morgan fingerprint density at radius 2 is 1.66 bits per heavy atom. The van der Waals surface area contributed by atoms with E-state index in [9.17, 15) is 38.1 Å². The van der Waals surface area contributed by atoms with Gasteiger partial charge >= 0.3 is 13.3 Å². The van der Waals surface area contributed by atoms with Crippen LogP contribution in [0, 0.1) is 29.1 Å². The number of rotatable bonds is 14. The molecule has 0 fully saturated rings. The number of nitrogens with zero attached hydrogens (tertiary/aromatic N) is 2. The first-order chi connectivity index (χ1) is 19.2. The number of hydrogen-bond acceptors (Lipinski definition) is 6. The minimum absolute atomic E-state index is 0.0495. The number of carbonyl (C=O) groups is 2. The van der Waals surface area contributed by atoms with Gasteiger partial charge in [-0.15, -0.1) is 0 Å². The number of halogens is 3. The molecular formula is C29H38BF3N4O4. The molecular weight excluding hydrogens is 536 g/mol. The van der Waals surface area contributed by atoms with E-state index in [2.05, 4.69) is 16.7 Å². The Morgan fingerprint density at radius 3 is 2.22 bits per heavy atom. The second-order valence-corrected chi connectivity index (χ2v) is 10.8. The Labute approximate surface area is 239 Å². The summed E-state index contributed by atoms with van der Waals surface area (Å²) < 4.78 is 39.2. The molecule has 2 aromatic rings. The van der Waals surface area contributed by atoms with Crippen LogP contribution in [0.2, 0.25) is 0 Å². The summed E-state index contributed by atoms with van der Waals surface area (Å²) in [7, 11) is -0.423. The Balaban J connectivity index is 2.25. The third kappa shape index (κ3) is 11.2. The van der Waals surface area contributed by atoms with Crippen LogP contribution < -0.4 is 15.5 Å². The van der Waals surface area contributed by atoms with Gasteiger partial charge in [0.15, 0.2) is 0 Å². The summed E-state index contributed by atoms with van der Waals surface area (Å²) in [5, 5.41) is 34.0. The maximum absolute atomic E-state index is 13.1. The van der Waals surface area contributed by atoms with Crippen LogP contribution >= 0.6 is 0 Å². The molecule has 222 valence electrons. The molecule has 8 nitrogen and oxygen atoms in total. The normalized spacial score (nSPS) is 14.5. The van der Waals surface area contributed by atoms with Gasteiger partial charge in [0.25, 0.3) is 0 Å². The van der Waals surface area contributed by atoms with Crippen molar-refractivity contribution in [1.29, 1.82) is 5.26 Å². The molecule has 0 aliphatic heterocycles. The predicted molar refractivity (Wildman–Crippen MR) is 151 cm³/mol. The molecule has 2 unspecified atom stereocenters. The van der Waals surface area contributed by atoms with E-state index in [0.29, 0.717) is 29.2 Å². The van der Waals surface area contributed by atoms with Gasteiger partial charge in [0.05, 0.1) is 24.6 Å². The average molecular weight is 574 g/mol. The van der Waals surface area contributed by atoms with Gasteiger partial charge in [-0.1, -0.05) is 63.2 Å². The van der Waals surface area contributed by atoms with E-state index in [0.717, 1.165) is 0 Å². The zero-order valence-corrected chi connectivity index (χ0v) is 23.7. The van der Waals surface area contributed by atoms with Crippen molar-refractivity contribution in [2.45, 2.75) is 58.2 Å². The van der Waals surface area contributed by atoms with Crippen molar-refractivity contribution in [1.82, 2.24) is 10.6 Å². The molecule has 2 amide bonds. The van der Waals surface area contributed by atoms with Crippen molar-refractivity contribution in [3.63, 3.8) is 0 Å². The molecule has 4 atom stereocenters. The Hall–Kier alpha value is -3.40. The van der Waals surface area contributed by atoms with E-state index in [1.165, 1.54) is 11.9 Å². The number of alkyl halides is 3. The quantitative estimate of drug-likeness (QED) is 0.257. The second-order valence-electron chi connectivity index (χ2n) is 10.8. The van der Waals surface area contributed by atoms with Gasteiger partial charge in [0.2, 0.25) is 11.8 Å². The summed E-state index contributed by atoms with van der Waals surface area (Å²) in [5.41, 5.74) is 1.58. The second kappa shape index (κ2) is 15.6. The highest BCUT2D eigenvalue weighted by Crippen LogP contribution is 2.25. The number of nitrogens with one attached hydrogen (secondary N) is 2. The number of amides is 2. The molecule has 2 rings (SSSR count). The van der Waals surface area contributed by atoms with Crippen LogP contribution in [0.5, 0.6) is 0 Å². The number of benzene rings is 2. The van der Waals surface area contributed by atoms with Crippen LogP contribution in [0.15, 0.2) is 54.6 Å². The van der Waals surface area contributed by atoms with Gasteiger partial charge in [-0.3, -0.25) is 14.9 Å². The van der Waals surface area contributed by atoms with E-state index in [-0.39, 0.29) is 18.8 Å². The van der Waals surface area contributed by atoms with Gasteiger partial charge in [0.1, 0.15) is 5.92 Å². The summed E-state index contributed by atoms with van der Waals surface area (Å²) in [6, 6.07) is 15.9. The number of nitriles is 1. The number of anilines is 1. The van der Waals surface area contributed by atoms with Crippen LogP contribution in [-0.4, -0.2) is 60.7 Å².